The van der Waals surface area contributed by atoms with Crippen molar-refractivity contribution in [3.8, 4) is 34.1 Å². The summed E-state index contributed by atoms with van der Waals surface area (Å²) in [6.45, 7) is 5.10. The third-order valence-electron chi connectivity index (χ3n) is 6.06. The molecule has 2 heterocycles. The summed E-state index contributed by atoms with van der Waals surface area (Å²) >= 11 is 6.42. The Labute approximate surface area is 208 Å². The van der Waals surface area contributed by atoms with Gasteiger partial charge in [-0.3, -0.25) is 9.69 Å². The summed E-state index contributed by atoms with van der Waals surface area (Å²) in [7, 11) is 0. The van der Waals surface area contributed by atoms with E-state index in [-0.39, 0.29) is 17.6 Å². The van der Waals surface area contributed by atoms with Crippen LogP contribution in [-0.2, 0) is 0 Å². The number of aromatic hydroxyl groups is 1. The van der Waals surface area contributed by atoms with Gasteiger partial charge in [0.2, 0.25) is 0 Å². The number of nitrogens with zero attached hydrogens (tertiary/aromatic N) is 2. The molecule has 0 amide bonds. The summed E-state index contributed by atoms with van der Waals surface area (Å²) in [4.78, 5) is 16.1. The van der Waals surface area contributed by atoms with E-state index in [1.54, 1.807) is 48.5 Å². The van der Waals surface area contributed by atoms with Gasteiger partial charge in [-0.25, -0.2) is 0 Å². The van der Waals surface area contributed by atoms with Gasteiger partial charge in [0, 0.05) is 29.8 Å². The van der Waals surface area contributed by atoms with Crippen molar-refractivity contribution in [1.29, 1.82) is 0 Å². The number of ether oxygens (including phenoxy) is 1. The van der Waals surface area contributed by atoms with Crippen LogP contribution in [0.3, 0.4) is 0 Å². The summed E-state index contributed by atoms with van der Waals surface area (Å²) in [6.07, 6.45) is 1.31. The Morgan fingerprint density at radius 3 is 2.49 bits per heavy atom. The van der Waals surface area contributed by atoms with Gasteiger partial charge >= 0.3 is 0 Å². The third-order valence-corrected chi connectivity index (χ3v) is 6.39. The van der Waals surface area contributed by atoms with Crippen molar-refractivity contribution in [3.05, 3.63) is 88.9 Å². The Morgan fingerprint density at radius 2 is 1.80 bits per heavy atom. The van der Waals surface area contributed by atoms with Gasteiger partial charge in [0.05, 0.1) is 10.6 Å². The van der Waals surface area contributed by atoms with E-state index in [4.69, 9.17) is 20.9 Å². The second kappa shape index (κ2) is 9.94. The first-order chi connectivity index (χ1) is 17.0. The van der Waals surface area contributed by atoms with Crippen LogP contribution < -0.4 is 4.74 Å². The predicted octanol–water partition coefficient (Wildman–Crippen LogP) is 6.07. The molecule has 0 spiro atoms. The molecule has 5 rings (SSSR count). The summed E-state index contributed by atoms with van der Waals surface area (Å²) < 4.78 is 11.7. The van der Waals surface area contributed by atoms with Crippen LogP contribution in [0.2, 0.25) is 5.02 Å². The van der Waals surface area contributed by atoms with Crippen LogP contribution in [0.15, 0.2) is 77.3 Å². The lowest BCUT2D eigenvalue weighted by atomic mass is 9.95. The van der Waals surface area contributed by atoms with Crippen LogP contribution in [0.25, 0.3) is 22.6 Å². The van der Waals surface area contributed by atoms with Crippen molar-refractivity contribution in [2.24, 2.45) is 0 Å². The van der Waals surface area contributed by atoms with E-state index in [0.717, 1.165) is 31.8 Å². The first kappa shape index (κ1) is 23.1. The third kappa shape index (κ3) is 4.81. The molecule has 0 saturated carbocycles. The Hall–Kier alpha value is -3.61. The number of rotatable bonds is 8. The Bertz CT molecular complexity index is 1330. The lowest BCUT2D eigenvalue weighted by Gasteiger charge is -2.38. The number of ketones is 1. The molecule has 0 atom stereocenters. The van der Waals surface area contributed by atoms with Gasteiger partial charge < -0.3 is 14.4 Å². The maximum atomic E-state index is 13.7. The molecule has 1 aromatic heterocycles. The number of aromatic nitrogens is 1. The minimum Gasteiger partial charge on any atom is -0.508 e. The Morgan fingerprint density at radius 1 is 1.09 bits per heavy atom. The lowest BCUT2D eigenvalue weighted by Crippen LogP contribution is -2.53. The molecule has 1 aliphatic heterocycles. The maximum absolute atomic E-state index is 13.7. The zero-order valence-corrected chi connectivity index (χ0v) is 20.0. The lowest BCUT2D eigenvalue weighted by molar-refractivity contribution is 0.0202. The van der Waals surface area contributed by atoms with Gasteiger partial charge in [-0.1, -0.05) is 35.8 Å². The van der Waals surface area contributed by atoms with Crippen LogP contribution >= 0.6 is 11.6 Å². The molecule has 178 valence electrons. The van der Waals surface area contributed by atoms with Gasteiger partial charge in [-0.05, 0) is 73.6 Å². The molecule has 0 radical (unpaired) electrons. The topological polar surface area (TPSA) is 75.8 Å². The quantitative estimate of drug-likeness (QED) is 0.303. The standard InChI is InChI=1S/C28H25ClN2O4/c1-2-15-31-16-22(17-31)34-21-13-9-19(10-14-21)27(33)25-26(18-7-11-20(32)12-8-18)30-35-28(25)23-5-3-4-6-24(23)29/h3-14,22,32H,2,15-17H2,1H3. The van der Waals surface area contributed by atoms with Crippen LogP contribution in [0.1, 0.15) is 29.3 Å². The van der Waals surface area contributed by atoms with Crippen molar-refractivity contribution in [3.63, 3.8) is 0 Å². The molecular formula is C28H25ClN2O4. The first-order valence-electron chi connectivity index (χ1n) is 11.6. The van der Waals surface area contributed by atoms with E-state index in [2.05, 4.69) is 17.0 Å². The smallest absolute Gasteiger partial charge is 0.199 e. The Kier molecular flexibility index (Phi) is 6.57. The minimum atomic E-state index is -0.242. The number of carbonyl (C=O) groups excluding carboxylic acids is 1. The van der Waals surface area contributed by atoms with Crippen molar-refractivity contribution < 1.29 is 19.2 Å². The minimum absolute atomic E-state index is 0.122. The Balaban J connectivity index is 1.46. The molecule has 0 aliphatic carbocycles. The van der Waals surface area contributed by atoms with Gasteiger partial charge in [-0.2, -0.15) is 0 Å². The fourth-order valence-electron chi connectivity index (χ4n) is 4.26. The van der Waals surface area contributed by atoms with Crippen molar-refractivity contribution in [2.45, 2.75) is 19.4 Å². The van der Waals surface area contributed by atoms with E-state index in [0.29, 0.717) is 38.7 Å². The second-order valence-electron chi connectivity index (χ2n) is 8.61. The van der Waals surface area contributed by atoms with Crippen molar-refractivity contribution in [1.82, 2.24) is 10.1 Å². The highest BCUT2D eigenvalue weighted by atomic mass is 35.5. The number of likely N-dealkylation sites (tertiary alicyclic amines) is 1. The molecule has 4 aromatic rings. The van der Waals surface area contributed by atoms with Crippen LogP contribution in [0.5, 0.6) is 11.5 Å². The molecule has 6 nitrogen and oxygen atoms in total. The molecule has 7 heteroatoms. The van der Waals surface area contributed by atoms with Gasteiger partial charge in [0.1, 0.15) is 23.3 Å². The zero-order valence-electron chi connectivity index (χ0n) is 19.3. The van der Waals surface area contributed by atoms with Gasteiger partial charge in [-0.15, -0.1) is 0 Å². The summed E-state index contributed by atoms with van der Waals surface area (Å²) in [5.74, 6) is 0.914. The highest BCUT2D eigenvalue weighted by molar-refractivity contribution is 6.33. The number of phenols is 1. The fraction of sp³-hybridized carbons (Fsp3) is 0.214. The highest BCUT2D eigenvalue weighted by Crippen LogP contribution is 2.37. The highest BCUT2D eigenvalue weighted by Gasteiger charge is 2.29. The van der Waals surface area contributed by atoms with E-state index in [9.17, 15) is 9.90 Å². The van der Waals surface area contributed by atoms with Gasteiger partial charge in [0.15, 0.2) is 11.5 Å². The van der Waals surface area contributed by atoms with Crippen LogP contribution in [0.4, 0.5) is 0 Å². The van der Waals surface area contributed by atoms with Crippen LogP contribution in [-0.4, -0.2) is 46.7 Å². The monoisotopic (exact) mass is 488 g/mol. The van der Waals surface area contributed by atoms with Gasteiger partial charge in [0.25, 0.3) is 0 Å². The van der Waals surface area contributed by atoms with Crippen molar-refractivity contribution in [2.75, 3.05) is 19.6 Å². The SMILES string of the molecule is CCCN1CC(Oc2ccc(C(=O)c3c(-c4ccc(O)cc4)noc3-c3ccccc3Cl)cc2)C1. The maximum Gasteiger partial charge on any atom is 0.199 e. The van der Waals surface area contributed by atoms with E-state index in [1.807, 2.05) is 24.3 Å². The molecule has 1 aliphatic rings. The summed E-state index contributed by atoms with van der Waals surface area (Å²) in [5.41, 5.74) is 2.41. The number of carbonyl (C=O) groups is 1. The first-order valence-corrected chi connectivity index (χ1v) is 12.0. The summed E-state index contributed by atoms with van der Waals surface area (Å²) in [6, 6.07) is 20.8. The van der Waals surface area contributed by atoms with Crippen LogP contribution in [0, 0.1) is 0 Å². The normalized spacial score (nSPS) is 14.0. The van der Waals surface area contributed by atoms with E-state index < -0.39 is 0 Å². The fourth-order valence-corrected chi connectivity index (χ4v) is 4.49. The molecule has 1 saturated heterocycles. The molecule has 0 unspecified atom stereocenters. The number of halogens is 1. The average Bonchev–Trinajstić information content (AvgIpc) is 3.28. The second-order valence-corrected chi connectivity index (χ2v) is 9.02. The number of phenolic OH excluding ortho intramolecular Hbond substituents is 1. The number of benzene rings is 3. The zero-order chi connectivity index (χ0) is 24.4. The van der Waals surface area contributed by atoms with Crippen molar-refractivity contribution >= 4 is 17.4 Å². The number of hydrogen-bond acceptors (Lipinski definition) is 6. The molecule has 1 N–H and O–H groups in total. The predicted molar refractivity (Wildman–Crippen MR) is 135 cm³/mol. The molecular weight excluding hydrogens is 464 g/mol. The number of hydrogen-bond donors (Lipinski definition) is 1. The molecule has 3 aromatic carbocycles. The molecule has 35 heavy (non-hydrogen) atoms. The van der Waals surface area contributed by atoms with E-state index >= 15 is 0 Å². The molecule has 0 bridgehead atoms. The molecule has 1 fully saturated rings. The largest absolute Gasteiger partial charge is 0.508 e. The summed E-state index contributed by atoms with van der Waals surface area (Å²) in [5, 5.41) is 14.4. The van der Waals surface area contributed by atoms with E-state index in [1.165, 1.54) is 0 Å². The average molecular weight is 489 g/mol.